The molecule has 0 aromatic rings. The van der Waals surface area contributed by atoms with E-state index in [-0.39, 0.29) is 0 Å². The Balaban J connectivity index is 2.38. The summed E-state index contributed by atoms with van der Waals surface area (Å²) in [6.07, 6.45) is 1.44. The molecule has 0 amide bonds. The van der Waals surface area contributed by atoms with Gasteiger partial charge in [0.25, 0.3) is 0 Å². The van der Waals surface area contributed by atoms with Crippen LogP contribution in [0.5, 0.6) is 0 Å². The molecule has 1 rings (SSSR count). The largest absolute Gasteiger partial charge is 0.483 e. The van der Waals surface area contributed by atoms with E-state index >= 15 is 0 Å². The molecule has 0 saturated carbocycles. The van der Waals surface area contributed by atoms with E-state index in [9.17, 15) is 4.39 Å². The van der Waals surface area contributed by atoms with Gasteiger partial charge in [0.1, 0.15) is 0 Å². The quantitative estimate of drug-likeness (QED) is 0.425. The first-order chi connectivity index (χ1) is 2.89. The van der Waals surface area contributed by atoms with Gasteiger partial charge in [-0.2, -0.15) is 0 Å². The highest BCUT2D eigenvalue weighted by Gasteiger charge is 2.07. The van der Waals surface area contributed by atoms with Crippen molar-refractivity contribution < 1.29 is 9.13 Å². The first-order valence-corrected chi connectivity index (χ1v) is 1.61. The van der Waals surface area contributed by atoms with Crippen LogP contribution in [0, 0.1) is 6.61 Å². The molecular weight excluding hydrogens is 83.0 g/mol. The lowest BCUT2D eigenvalue weighted by Crippen LogP contribution is -1.86. The molecule has 0 aromatic carbocycles. The average Bonchev–Trinajstić information content (AvgIpc) is 1.86. The van der Waals surface area contributed by atoms with Crippen LogP contribution in [0.1, 0.15) is 0 Å². The van der Waals surface area contributed by atoms with Crippen molar-refractivity contribution in [2.75, 3.05) is 0 Å². The zero-order valence-corrected chi connectivity index (χ0v) is 3.02. The van der Waals surface area contributed by atoms with Gasteiger partial charge >= 0.3 is 0 Å². The number of hydrogen-bond donors (Lipinski definition) is 0. The van der Waals surface area contributed by atoms with Crippen molar-refractivity contribution in [3.05, 3.63) is 18.9 Å². The molecule has 1 unspecified atom stereocenters. The SMILES string of the molecule is FC1[C]OC=C1. The van der Waals surface area contributed by atoms with Crippen molar-refractivity contribution in [1.29, 1.82) is 0 Å². The van der Waals surface area contributed by atoms with Crippen molar-refractivity contribution in [3.8, 4) is 0 Å². The lowest BCUT2D eigenvalue weighted by Gasteiger charge is -1.83. The number of rotatable bonds is 0. The van der Waals surface area contributed by atoms with E-state index in [0.29, 0.717) is 0 Å². The molecule has 0 bridgehead atoms. The summed E-state index contributed by atoms with van der Waals surface area (Å²) >= 11 is 0. The maximum Gasteiger partial charge on any atom is 0.236 e. The molecular formula is C4H3FO. The van der Waals surface area contributed by atoms with E-state index in [4.69, 9.17) is 0 Å². The third-order valence-electron chi connectivity index (χ3n) is 0.496. The fourth-order valence-corrected chi connectivity index (χ4v) is 0.252. The van der Waals surface area contributed by atoms with Crippen LogP contribution in [0.4, 0.5) is 4.39 Å². The van der Waals surface area contributed by atoms with Crippen molar-refractivity contribution in [2.24, 2.45) is 0 Å². The monoisotopic (exact) mass is 86.0 g/mol. The summed E-state index contributed by atoms with van der Waals surface area (Å²) in [4.78, 5) is 0. The summed E-state index contributed by atoms with van der Waals surface area (Å²) < 4.78 is 15.9. The molecule has 1 heterocycles. The van der Waals surface area contributed by atoms with Crippen LogP contribution in [-0.4, -0.2) is 6.17 Å². The Bertz CT molecular complexity index is 69.9. The second-order valence-electron chi connectivity index (χ2n) is 0.966. The highest BCUT2D eigenvalue weighted by Crippen LogP contribution is 2.06. The molecule has 1 nitrogen and oxygen atoms in total. The Labute approximate surface area is 35.4 Å². The van der Waals surface area contributed by atoms with Gasteiger partial charge in [-0.15, -0.1) is 0 Å². The van der Waals surface area contributed by atoms with Gasteiger partial charge in [-0.05, 0) is 6.08 Å². The smallest absolute Gasteiger partial charge is 0.236 e. The molecule has 2 heteroatoms. The second-order valence-corrected chi connectivity index (χ2v) is 0.966. The summed E-state index contributed by atoms with van der Waals surface area (Å²) in [6.45, 7) is 2.04. The molecule has 1 aliphatic heterocycles. The number of halogens is 1. The molecule has 0 aliphatic carbocycles. The Kier molecular flexibility index (Phi) is 0.783. The molecule has 1 aliphatic rings. The Morgan fingerprint density at radius 1 is 1.83 bits per heavy atom. The fourth-order valence-electron chi connectivity index (χ4n) is 0.252. The van der Waals surface area contributed by atoms with E-state index in [0.717, 1.165) is 0 Å². The van der Waals surface area contributed by atoms with Crippen LogP contribution in [-0.2, 0) is 4.74 Å². The molecule has 0 spiro atoms. The van der Waals surface area contributed by atoms with Gasteiger partial charge in [-0.3, -0.25) is 0 Å². The first kappa shape index (κ1) is 3.65. The van der Waals surface area contributed by atoms with Crippen LogP contribution in [0.25, 0.3) is 0 Å². The van der Waals surface area contributed by atoms with Gasteiger partial charge in [0.05, 0.1) is 6.26 Å². The molecule has 2 radical (unpaired) electrons. The van der Waals surface area contributed by atoms with E-state index in [1.54, 1.807) is 0 Å². The molecule has 6 heavy (non-hydrogen) atoms. The van der Waals surface area contributed by atoms with Crippen molar-refractivity contribution in [3.63, 3.8) is 0 Å². The second kappa shape index (κ2) is 1.29. The summed E-state index contributed by atoms with van der Waals surface area (Å²) in [5, 5.41) is 0. The zero-order valence-electron chi connectivity index (χ0n) is 3.02. The van der Waals surface area contributed by atoms with E-state index < -0.39 is 6.17 Å². The number of alkyl halides is 1. The lowest BCUT2D eigenvalue weighted by atomic mass is 10.4. The third kappa shape index (κ3) is 0.506. The normalized spacial score (nSPS) is 30.5. The molecule has 32 valence electrons. The van der Waals surface area contributed by atoms with E-state index in [1.165, 1.54) is 12.3 Å². The summed E-state index contributed by atoms with van der Waals surface area (Å²) in [5.41, 5.74) is 0. The first-order valence-electron chi connectivity index (χ1n) is 1.61. The van der Waals surface area contributed by atoms with Gasteiger partial charge in [-0.1, -0.05) is 0 Å². The van der Waals surface area contributed by atoms with Gasteiger partial charge in [-0.25, -0.2) is 4.39 Å². The van der Waals surface area contributed by atoms with Gasteiger partial charge in [0.15, 0.2) is 6.17 Å². The van der Waals surface area contributed by atoms with E-state index in [1.807, 2.05) is 6.61 Å². The van der Waals surface area contributed by atoms with Crippen LogP contribution >= 0.6 is 0 Å². The third-order valence-corrected chi connectivity index (χ3v) is 0.496. The lowest BCUT2D eigenvalue weighted by molar-refractivity contribution is 0.291. The number of ether oxygens (including phenoxy) is 1. The minimum atomic E-state index is -1.11. The van der Waals surface area contributed by atoms with Gasteiger partial charge in [0.2, 0.25) is 6.61 Å². The van der Waals surface area contributed by atoms with Crippen LogP contribution in [0.2, 0.25) is 0 Å². The molecule has 0 N–H and O–H groups in total. The highest BCUT2D eigenvalue weighted by molar-refractivity contribution is 4.95. The van der Waals surface area contributed by atoms with Crippen LogP contribution < -0.4 is 0 Å². The summed E-state index contributed by atoms with van der Waals surface area (Å²) in [5.74, 6) is 0. The standard InChI is InChI=1S/C4H3FO/c5-4-1-2-6-3-4/h1-2,4H. The minimum absolute atomic E-state index is 1.11. The fraction of sp³-hybridized carbons (Fsp3) is 0.250. The van der Waals surface area contributed by atoms with Crippen LogP contribution in [0.15, 0.2) is 12.3 Å². The minimum Gasteiger partial charge on any atom is -0.483 e. The predicted octanol–water partition coefficient (Wildman–Crippen LogP) is 0.907. The van der Waals surface area contributed by atoms with E-state index in [2.05, 4.69) is 4.74 Å². The van der Waals surface area contributed by atoms with Crippen molar-refractivity contribution in [1.82, 2.24) is 0 Å². The zero-order chi connectivity index (χ0) is 4.41. The highest BCUT2D eigenvalue weighted by atomic mass is 19.1. The predicted molar refractivity (Wildman–Crippen MR) is 18.4 cm³/mol. The number of hydrogen-bond acceptors (Lipinski definition) is 1. The molecule has 0 fully saturated rings. The van der Waals surface area contributed by atoms with Crippen molar-refractivity contribution in [2.45, 2.75) is 6.17 Å². The molecule has 1 atom stereocenters. The summed E-state index contributed by atoms with van der Waals surface area (Å²) in [7, 11) is 0. The topological polar surface area (TPSA) is 9.23 Å². The Morgan fingerprint density at radius 2 is 2.67 bits per heavy atom. The Hall–Kier alpha value is -0.530. The van der Waals surface area contributed by atoms with Crippen LogP contribution in [0.3, 0.4) is 0 Å². The molecule has 0 saturated heterocycles. The average molecular weight is 86.1 g/mol. The van der Waals surface area contributed by atoms with Gasteiger partial charge in [0, 0.05) is 0 Å². The molecule has 0 aromatic heterocycles. The summed E-state index contributed by atoms with van der Waals surface area (Å²) in [6, 6.07) is 0. The maximum atomic E-state index is 11.6. The van der Waals surface area contributed by atoms with Gasteiger partial charge < -0.3 is 4.74 Å². The Morgan fingerprint density at radius 3 is 2.83 bits per heavy atom. The maximum absolute atomic E-state index is 11.6. The van der Waals surface area contributed by atoms with Crippen molar-refractivity contribution >= 4 is 0 Å².